The molecule has 0 unspecified atom stereocenters. The summed E-state index contributed by atoms with van der Waals surface area (Å²) in [6.07, 6.45) is 0.212. The van der Waals surface area contributed by atoms with E-state index in [0.717, 1.165) is 5.56 Å². The van der Waals surface area contributed by atoms with E-state index in [4.69, 9.17) is 13.8 Å². The van der Waals surface area contributed by atoms with Gasteiger partial charge in [0.25, 0.3) is 0 Å². The molecule has 1 N–H and O–H groups in total. The first-order valence-electron chi connectivity index (χ1n) is 6.81. The van der Waals surface area contributed by atoms with E-state index in [2.05, 4.69) is 0 Å². The van der Waals surface area contributed by atoms with E-state index in [1.807, 2.05) is 30.3 Å². The summed E-state index contributed by atoms with van der Waals surface area (Å²) in [6.45, 7) is 4.65. The smallest absolute Gasteiger partial charge is 0.358 e. The van der Waals surface area contributed by atoms with E-state index in [1.54, 1.807) is 13.8 Å². The largest absolute Gasteiger partial charge is 0.380 e. The van der Waals surface area contributed by atoms with Gasteiger partial charge in [0.1, 0.15) is 0 Å². The summed E-state index contributed by atoms with van der Waals surface area (Å²) < 4.78 is 27.8. The third-order valence-corrected chi connectivity index (χ3v) is 4.84. The lowest BCUT2D eigenvalue weighted by atomic mass is 10.2. The van der Waals surface area contributed by atoms with Crippen LogP contribution in [0.25, 0.3) is 0 Å². The summed E-state index contributed by atoms with van der Waals surface area (Å²) in [5, 5.41) is 9.93. The summed E-state index contributed by atoms with van der Waals surface area (Å²) in [5.41, 5.74) is 1.06. The summed E-state index contributed by atoms with van der Waals surface area (Å²) in [5.74, 6) is -1.15. The number of aliphatic hydroxyl groups excluding tert-OH is 1. The number of ether oxygens (including phenoxy) is 1. The SMILES string of the molecule is CCOP(=O)(OCC)[C@H](O)CCOCc1ccccc1. The molecule has 0 radical (unpaired) electrons. The summed E-state index contributed by atoms with van der Waals surface area (Å²) in [7, 11) is -3.45. The molecule has 1 aromatic carbocycles. The first-order chi connectivity index (χ1) is 9.62. The van der Waals surface area contributed by atoms with Gasteiger partial charge >= 0.3 is 7.60 Å². The molecule has 1 atom stereocenters. The van der Waals surface area contributed by atoms with Crippen LogP contribution in [0.5, 0.6) is 0 Å². The molecule has 0 aliphatic carbocycles. The van der Waals surface area contributed by atoms with E-state index < -0.39 is 13.4 Å². The Kier molecular flexibility index (Phi) is 8.04. The van der Waals surface area contributed by atoms with Crippen molar-refractivity contribution in [2.24, 2.45) is 0 Å². The van der Waals surface area contributed by atoms with Crippen molar-refractivity contribution in [2.45, 2.75) is 32.7 Å². The molecule has 0 amide bonds. The van der Waals surface area contributed by atoms with Crippen molar-refractivity contribution in [1.29, 1.82) is 0 Å². The quantitative estimate of drug-likeness (QED) is 0.531. The van der Waals surface area contributed by atoms with Crippen molar-refractivity contribution in [1.82, 2.24) is 0 Å². The molecule has 1 rings (SSSR count). The van der Waals surface area contributed by atoms with Crippen molar-refractivity contribution < 1.29 is 23.5 Å². The van der Waals surface area contributed by atoms with Gasteiger partial charge in [-0.3, -0.25) is 4.57 Å². The third-order valence-electron chi connectivity index (χ3n) is 2.62. The van der Waals surface area contributed by atoms with Crippen LogP contribution in [0.15, 0.2) is 30.3 Å². The zero-order valence-electron chi connectivity index (χ0n) is 12.0. The molecule has 114 valence electrons. The minimum atomic E-state index is -3.45. The highest BCUT2D eigenvalue weighted by atomic mass is 31.2. The molecule has 0 saturated carbocycles. The Morgan fingerprint density at radius 1 is 1.15 bits per heavy atom. The normalized spacial score (nSPS) is 13.3. The number of rotatable bonds is 10. The lowest BCUT2D eigenvalue weighted by molar-refractivity contribution is 0.0804. The predicted octanol–water partition coefficient (Wildman–Crippen LogP) is 3.18. The first-order valence-corrected chi connectivity index (χ1v) is 8.42. The van der Waals surface area contributed by atoms with Gasteiger partial charge in [0.15, 0.2) is 5.85 Å². The molecule has 0 aromatic heterocycles. The van der Waals surface area contributed by atoms with Gasteiger partial charge in [-0.1, -0.05) is 30.3 Å². The molecule has 1 aromatic rings. The molecule has 0 fully saturated rings. The highest BCUT2D eigenvalue weighted by Crippen LogP contribution is 2.52. The standard InChI is InChI=1S/C14H23O5P/c1-3-18-20(16,19-4-2)14(15)10-11-17-12-13-8-6-5-7-9-13/h5-9,14-15H,3-4,10-12H2,1-2H3/t14-/m0/s1. The predicted molar refractivity (Wildman–Crippen MR) is 77.6 cm³/mol. The van der Waals surface area contributed by atoms with E-state index >= 15 is 0 Å². The monoisotopic (exact) mass is 302 g/mol. The Morgan fingerprint density at radius 3 is 2.30 bits per heavy atom. The Balaban J connectivity index is 2.34. The second-order valence-corrected chi connectivity index (χ2v) is 6.38. The highest BCUT2D eigenvalue weighted by Gasteiger charge is 2.33. The second-order valence-electron chi connectivity index (χ2n) is 4.18. The second kappa shape index (κ2) is 9.27. The molecule has 5 nitrogen and oxygen atoms in total. The average Bonchev–Trinajstić information content (AvgIpc) is 2.45. The number of benzene rings is 1. The van der Waals surface area contributed by atoms with Crippen LogP contribution >= 0.6 is 7.60 Å². The maximum atomic E-state index is 12.2. The van der Waals surface area contributed by atoms with Crippen molar-refractivity contribution in [3.8, 4) is 0 Å². The zero-order chi connectivity index (χ0) is 14.8. The van der Waals surface area contributed by atoms with Crippen LogP contribution in [0.1, 0.15) is 25.8 Å². The molecule has 0 spiro atoms. The van der Waals surface area contributed by atoms with Gasteiger partial charge in [-0.15, -0.1) is 0 Å². The lowest BCUT2D eigenvalue weighted by Gasteiger charge is -2.22. The minimum Gasteiger partial charge on any atom is -0.380 e. The number of hydrogen-bond donors (Lipinski definition) is 1. The van der Waals surface area contributed by atoms with E-state index in [9.17, 15) is 9.67 Å². The molecule has 0 saturated heterocycles. The summed E-state index contributed by atoms with van der Waals surface area (Å²) >= 11 is 0. The van der Waals surface area contributed by atoms with Crippen LogP contribution in [0.2, 0.25) is 0 Å². The fourth-order valence-electron chi connectivity index (χ4n) is 1.68. The van der Waals surface area contributed by atoms with Crippen LogP contribution in [-0.2, 0) is 25.0 Å². The average molecular weight is 302 g/mol. The van der Waals surface area contributed by atoms with E-state index in [1.165, 1.54) is 0 Å². The molecular formula is C14H23O5P. The fraction of sp³-hybridized carbons (Fsp3) is 0.571. The highest BCUT2D eigenvalue weighted by molar-refractivity contribution is 7.54. The Hall–Kier alpha value is -0.710. The lowest BCUT2D eigenvalue weighted by Crippen LogP contribution is -2.15. The Morgan fingerprint density at radius 2 is 1.75 bits per heavy atom. The van der Waals surface area contributed by atoms with Crippen LogP contribution in [0.4, 0.5) is 0 Å². The van der Waals surface area contributed by atoms with Gasteiger partial charge in [0.2, 0.25) is 0 Å². The molecular weight excluding hydrogens is 279 g/mol. The zero-order valence-corrected chi connectivity index (χ0v) is 12.9. The maximum Gasteiger partial charge on any atom is 0.358 e. The summed E-state index contributed by atoms with van der Waals surface area (Å²) in [6, 6.07) is 9.73. The molecule has 0 heterocycles. The van der Waals surface area contributed by atoms with Gasteiger partial charge in [-0.25, -0.2) is 0 Å². The fourth-order valence-corrected chi connectivity index (χ4v) is 3.24. The van der Waals surface area contributed by atoms with Crippen LogP contribution in [0.3, 0.4) is 0 Å². The van der Waals surface area contributed by atoms with Crippen molar-refractivity contribution in [3.05, 3.63) is 35.9 Å². The van der Waals surface area contributed by atoms with Crippen molar-refractivity contribution in [2.75, 3.05) is 19.8 Å². The van der Waals surface area contributed by atoms with Gasteiger partial charge < -0.3 is 18.9 Å². The van der Waals surface area contributed by atoms with Gasteiger partial charge in [-0.05, 0) is 19.4 Å². The van der Waals surface area contributed by atoms with Crippen molar-refractivity contribution >= 4 is 7.60 Å². The summed E-state index contributed by atoms with van der Waals surface area (Å²) in [4.78, 5) is 0. The topological polar surface area (TPSA) is 65.0 Å². The maximum absolute atomic E-state index is 12.2. The minimum absolute atomic E-state index is 0.212. The molecule has 6 heteroatoms. The molecule has 0 aliphatic rings. The van der Waals surface area contributed by atoms with Crippen LogP contribution in [0, 0.1) is 0 Å². The number of hydrogen-bond acceptors (Lipinski definition) is 5. The van der Waals surface area contributed by atoms with Crippen molar-refractivity contribution in [3.63, 3.8) is 0 Å². The molecule has 0 aliphatic heterocycles. The Labute approximate surface area is 120 Å². The van der Waals surface area contributed by atoms with E-state index in [-0.39, 0.29) is 19.6 Å². The van der Waals surface area contributed by atoms with Gasteiger partial charge in [-0.2, -0.15) is 0 Å². The van der Waals surface area contributed by atoms with Gasteiger partial charge in [0.05, 0.1) is 26.4 Å². The first kappa shape index (κ1) is 17.3. The van der Waals surface area contributed by atoms with E-state index in [0.29, 0.717) is 13.2 Å². The number of aliphatic hydroxyl groups is 1. The third kappa shape index (κ3) is 5.73. The Bertz CT molecular complexity index is 399. The van der Waals surface area contributed by atoms with Crippen LogP contribution < -0.4 is 0 Å². The molecule has 20 heavy (non-hydrogen) atoms. The van der Waals surface area contributed by atoms with Crippen LogP contribution in [-0.4, -0.2) is 30.8 Å². The van der Waals surface area contributed by atoms with Gasteiger partial charge in [0, 0.05) is 6.42 Å². The molecule has 0 bridgehead atoms.